The van der Waals surface area contributed by atoms with Crippen LogP contribution in [0.2, 0.25) is 0 Å². The van der Waals surface area contributed by atoms with Crippen LogP contribution in [0, 0.1) is 19.8 Å². The maximum absolute atomic E-state index is 13.9. The van der Waals surface area contributed by atoms with E-state index in [4.69, 9.17) is 4.74 Å². The van der Waals surface area contributed by atoms with Gasteiger partial charge in [-0.25, -0.2) is 4.79 Å². The number of hydrogen-bond donors (Lipinski definition) is 2. The number of aryl methyl sites for hydroxylation is 2. The monoisotopic (exact) mass is 487 g/mol. The number of hydrogen-bond acceptors (Lipinski definition) is 4. The van der Waals surface area contributed by atoms with Gasteiger partial charge in [-0.2, -0.15) is 0 Å². The van der Waals surface area contributed by atoms with E-state index in [2.05, 4.69) is 24.1 Å². The number of benzene rings is 1. The van der Waals surface area contributed by atoms with E-state index < -0.39 is 23.8 Å². The van der Waals surface area contributed by atoms with Gasteiger partial charge in [0.1, 0.15) is 17.7 Å². The van der Waals surface area contributed by atoms with Crippen LogP contribution >= 0.6 is 0 Å². The number of carbonyl (C=O) groups is 3. The van der Waals surface area contributed by atoms with E-state index in [9.17, 15) is 14.4 Å². The van der Waals surface area contributed by atoms with Crippen LogP contribution in [-0.2, 0) is 14.3 Å². The maximum Gasteiger partial charge on any atom is 0.408 e. The van der Waals surface area contributed by atoms with Crippen molar-refractivity contribution < 1.29 is 19.1 Å². The molecule has 0 radical (unpaired) electrons. The molecule has 3 amide bonds. The number of nitrogens with one attached hydrogen (secondary N) is 2. The van der Waals surface area contributed by atoms with Crippen molar-refractivity contribution in [1.82, 2.24) is 15.5 Å². The Morgan fingerprint density at radius 1 is 1.11 bits per heavy atom. The number of unbranched alkanes of at least 4 members (excludes halogenated alkanes) is 2. The summed E-state index contributed by atoms with van der Waals surface area (Å²) in [6.45, 7) is 19.6. The number of carbonyl (C=O) groups excluding carboxylic acids is 3. The van der Waals surface area contributed by atoms with E-state index in [1.165, 1.54) is 4.90 Å². The first-order valence-electron chi connectivity index (χ1n) is 12.6. The van der Waals surface area contributed by atoms with E-state index in [-0.39, 0.29) is 24.3 Å². The summed E-state index contributed by atoms with van der Waals surface area (Å²) in [6.07, 6.45) is 3.85. The third-order valence-electron chi connectivity index (χ3n) is 5.70. The van der Waals surface area contributed by atoms with Gasteiger partial charge in [-0.05, 0) is 63.6 Å². The summed E-state index contributed by atoms with van der Waals surface area (Å²) in [7, 11) is 0. The zero-order chi connectivity index (χ0) is 26.8. The van der Waals surface area contributed by atoms with Gasteiger partial charge >= 0.3 is 6.09 Å². The van der Waals surface area contributed by atoms with Gasteiger partial charge in [0.05, 0.1) is 0 Å². The first-order chi connectivity index (χ1) is 16.3. The molecule has 0 saturated heterocycles. The molecular formula is C28H45N3O4. The molecule has 35 heavy (non-hydrogen) atoms. The molecule has 2 N–H and O–H groups in total. The summed E-state index contributed by atoms with van der Waals surface area (Å²) in [6, 6.07) is 4.06. The predicted octanol–water partition coefficient (Wildman–Crippen LogP) is 5.21. The average Bonchev–Trinajstić information content (AvgIpc) is 2.75. The molecule has 0 saturated carbocycles. The number of alkyl carbamates (subject to hydrolysis) is 1. The molecule has 0 aliphatic rings. The first-order valence-corrected chi connectivity index (χ1v) is 12.6. The molecule has 0 aliphatic carbocycles. The Bertz CT molecular complexity index is 873. The Kier molecular flexibility index (Phi) is 12.0. The standard InChI is InChI=1S/C28H45N3O4/c1-10-12-13-16-29-25(32)24(22-15-14-20(5)21(6)18-22)31(17-11-2)26(33)23(19(3)4)30-27(34)35-28(7,8)9/h11,14-15,18-19,23-24H,2,10,12-13,16-17H2,1,3-9H3,(H,29,32)(H,30,34). The second-order valence-corrected chi connectivity index (χ2v) is 10.4. The molecule has 0 fully saturated rings. The largest absolute Gasteiger partial charge is 0.444 e. The maximum atomic E-state index is 13.9. The van der Waals surface area contributed by atoms with E-state index in [0.717, 1.165) is 36.0 Å². The second-order valence-electron chi connectivity index (χ2n) is 10.4. The molecule has 2 atom stereocenters. The fraction of sp³-hybridized carbons (Fsp3) is 0.607. The molecule has 1 aromatic rings. The summed E-state index contributed by atoms with van der Waals surface area (Å²) in [5.74, 6) is -0.840. The van der Waals surface area contributed by atoms with E-state index in [0.29, 0.717) is 6.54 Å². The SMILES string of the molecule is C=CCN(C(=O)C(NC(=O)OC(C)(C)C)C(C)C)C(C(=O)NCCCCC)c1ccc(C)c(C)c1. The average molecular weight is 488 g/mol. The van der Waals surface area contributed by atoms with Crippen LogP contribution in [0.3, 0.4) is 0 Å². The van der Waals surface area contributed by atoms with Crippen LogP contribution in [0.1, 0.15) is 83.5 Å². The molecule has 0 heterocycles. The zero-order valence-corrected chi connectivity index (χ0v) is 22.9. The highest BCUT2D eigenvalue weighted by Crippen LogP contribution is 2.26. The smallest absolute Gasteiger partial charge is 0.408 e. The van der Waals surface area contributed by atoms with Gasteiger partial charge < -0.3 is 20.3 Å². The van der Waals surface area contributed by atoms with Crippen molar-refractivity contribution in [2.45, 2.75) is 92.3 Å². The Morgan fingerprint density at radius 3 is 2.29 bits per heavy atom. The topological polar surface area (TPSA) is 87.7 Å². The normalized spacial score (nSPS) is 13.1. The molecule has 7 nitrogen and oxygen atoms in total. The van der Waals surface area contributed by atoms with Gasteiger partial charge in [0, 0.05) is 13.1 Å². The van der Waals surface area contributed by atoms with Gasteiger partial charge in [0.2, 0.25) is 11.8 Å². The van der Waals surface area contributed by atoms with Crippen LogP contribution in [0.5, 0.6) is 0 Å². The minimum absolute atomic E-state index is 0.151. The number of rotatable bonds is 12. The Morgan fingerprint density at radius 2 is 1.77 bits per heavy atom. The molecule has 0 spiro atoms. The third kappa shape index (κ3) is 9.74. The fourth-order valence-corrected chi connectivity index (χ4v) is 3.68. The molecule has 0 aliphatic heterocycles. The summed E-state index contributed by atoms with van der Waals surface area (Å²) < 4.78 is 5.39. The summed E-state index contributed by atoms with van der Waals surface area (Å²) in [4.78, 5) is 41.3. The molecule has 1 aromatic carbocycles. The fourth-order valence-electron chi connectivity index (χ4n) is 3.68. The lowest BCUT2D eigenvalue weighted by molar-refractivity contribution is -0.142. The van der Waals surface area contributed by atoms with Gasteiger partial charge in [-0.1, -0.05) is 57.9 Å². The van der Waals surface area contributed by atoms with Gasteiger partial charge in [0.15, 0.2) is 0 Å². The van der Waals surface area contributed by atoms with E-state index in [1.807, 2.05) is 45.9 Å². The van der Waals surface area contributed by atoms with Crippen LogP contribution in [0.25, 0.3) is 0 Å². The Balaban J connectivity index is 3.39. The highest BCUT2D eigenvalue weighted by molar-refractivity contribution is 5.92. The molecule has 7 heteroatoms. The second kappa shape index (κ2) is 13.9. The van der Waals surface area contributed by atoms with Crippen molar-refractivity contribution in [2.24, 2.45) is 5.92 Å². The van der Waals surface area contributed by atoms with E-state index >= 15 is 0 Å². The number of amides is 3. The minimum Gasteiger partial charge on any atom is -0.444 e. The van der Waals surface area contributed by atoms with E-state index in [1.54, 1.807) is 26.8 Å². The van der Waals surface area contributed by atoms with Gasteiger partial charge in [-0.3, -0.25) is 9.59 Å². The highest BCUT2D eigenvalue weighted by Gasteiger charge is 2.37. The van der Waals surface area contributed by atoms with Crippen molar-refractivity contribution in [2.75, 3.05) is 13.1 Å². The minimum atomic E-state index is -0.869. The molecule has 196 valence electrons. The molecule has 2 unspecified atom stereocenters. The Hall–Kier alpha value is -2.83. The Labute approximate surface area is 211 Å². The first kappa shape index (κ1) is 30.2. The molecular weight excluding hydrogens is 442 g/mol. The molecule has 0 bridgehead atoms. The van der Waals surface area contributed by atoms with Crippen molar-refractivity contribution in [1.29, 1.82) is 0 Å². The summed E-state index contributed by atoms with van der Waals surface area (Å²) >= 11 is 0. The van der Waals surface area contributed by atoms with Crippen molar-refractivity contribution in [3.05, 3.63) is 47.5 Å². The molecule has 1 rings (SSSR count). The number of ether oxygens (including phenoxy) is 1. The quantitative estimate of drug-likeness (QED) is 0.313. The number of nitrogens with zero attached hydrogens (tertiary/aromatic N) is 1. The van der Waals surface area contributed by atoms with Crippen molar-refractivity contribution in [3.8, 4) is 0 Å². The highest BCUT2D eigenvalue weighted by atomic mass is 16.6. The zero-order valence-electron chi connectivity index (χ0n) is 22.9. The van der Waals surface area contributed by atoms with Gasteiger partial charge in [0.25, 0.3) is 0 Å². The van der Waals surface area contributed by atoms with Crippen LogP contribution in [-0.4, -0.2) is 47.5 Å². The third-order valence-corrected chi connectivity index (χ3v) is 5.70. The van der Waals surface area contributed by atoms with Crippen LogP contribution in [0.15, 0.2) is 30.9 Å². The lowest BCUT2D eigenvalue weighted by Gasteiger charge is -2.35. The predicted molar refractivity (Wildman–Crippen MR) is 141 cm³/mol. The molecule has 0 aromatic heterocycles. The van der Waals surface area contributed by atoms with Crippen LogP contribution in [0.4, 0.5) is 4.79 Å². The lowest BCUT2D eigenvalue weighted by Crippen LogP contribution is -2.55. The van der Waals surface area contributed by atoms with Gasteiger partial charge in [-0.15, -0.1) is 6.58 Å². The van der Waals surface area contributed by atoms with Crippen LogP contribution < -0.4 is 10.6 Å². The summed E-state index contributed by atoms with van der Waals surface area (Å²) in [5.41, 5.74) is 2.15. The van der Waals surface area contributed by atoms with Crippen molar-refractivity contribution >= 4 is 17.9 Å². The lowest BCUT2D eigenvalue weighted by atomic mass is 9.96. The van der Waals surface area contributed by atoms with Crippen molar-refractivity contribution in [3.63, 3.8) is 0 Å². The summed E-state index contributed by atoms with van der Waals surface area (Å²) in [5, 5.41) is 5.72.